The average molecular weight is 462 g/mol. The fraction of sp³-hybridized carbons (Fsp3) is 0.368. The molecule has 3 rings (SSSR count). The second-order valence-electron chi connectivity index (χ2n) is 6.62. The largest absolute Gasteiger partial charge is 0.495 e. The molecular formula is C19H22ClF2N3O4S. The van der Waals surface area contributed by atoms with Gasteiger partial charge in [-0.05, 0) is 36.8 Å². The lowest BCUT2D eigenvalue weighted by Crippen LogP contribution is -2.43. The number of hydrogen-bond donors (Lipinski definition) is 1. The summed E-state index contributed by atoms with van der Waals surface area (Å²) >= 11 is 6.15. The second kappa shape index (κ2) is 9.23. The van der Waals surface area contributed by atoms with Crippen molar-refractivity contribution in [3.05, 3.63) is 42.0 Å². The molecule has 0 aromatic heterocycles. The molecule has 0 saturated carbocycles. The predicted octanol–water partition coefficient (Wildman–Crippen LogP) is 3.36. The van der Waals surface area contributed by atoms with Crippen LogP contribution in [0.1, 0.15) is 5.56 Å². The van der Waals surface area contributed by atoms with E-state index in [1.807, 2.05) is 4.90 Å². The fourth-order valence-electron chi connectivity index (χ4n) is 3.14. The molecule has 30 heavy (non-hydrogen) atoms. The molecule has 7 nitrogen and oxygen atoms in total. The Balaban J connectivity index is 1.96. The van der Waals surface area contributed by atoms with Gasteiger partial charge in [0.1, 0.15) is 11.5 Å². The monoisotopic (exact) mass is 461 g/mol. The number of anilines is 2. The molecule has 0 unspecified atom stereocenters. The van der Waals surface area contributed by atoms with E-state index in [1.54, 1.807) is 13.0 Å². The zero-order chi connectivity index (χ0) is 21.9. The fourth-order valence-corrected chi connectivity index (χ4v) is 4.56. The highest BCUT2D eigenvalue weighted by molar-refractivity contribution is 7.94. The summed E-state index contributed by atoms with van der Waals surface area (Å²) in [6.45, 7) is 1.43. The molecule has 2 aromatic carbocycles. The number of piperazine rings is 1. The van der Waals surface area contributed by atoms with Gasteiger partial charge in [0.05, 0.1) is 23.4 Å². The Morgan fingerprint density at radius 3 is 2.47 bits per heavy atom. The molecule has 164 valence electrons. The third kappa shape index (κ3) is 4.71. The molecule has 0 aliphatic carbocycles. The van der Waals surface area contributed by atoms with Crippen LogP contribution in [-0.4, -0.2) is 48.3 Å². The number of nitrogens with zero attached hydrogens (tertiary/aromatic N) is 2. The second-order valence-corrected chi connectivity index (χ2v) is 8.94. The minimum atomic E-state index is -4.18. The third-order valence-electron chi connectivity index (χ3n) is 4.71. The lowest BCUT2D eigenvalue weighted by molar-refractivity contribution is -0.0502. The number of alkyl halides is 2. The standard InChI is InChI=1S/C19H22ClF2N3O4S/c1-13-3-4-14(11-18(13)29-19(21)22)25(20)30(26,27)15-5-6-17(28-2)16(12-15)24-9-7-23-8-10-24/h3-6,11-12,19,23H,7-10H2,1-2H3. The Labute approximate surface area is 179 Å². The van der Waals surface area contributed by atoms with Gasteiger partial charge in [-0.2, -0.15) is 21.0 Å². The third-order valence-corrected chi connectivity index (χ3v) is 6.93. The lowest BCUT2D eigenvalue weighted by atomic mass is 10.2. The van der Waals surface area contributed by atoms with Crippen LogP contribution in [0.4, 0.5) is 20.2 Å². The first-order valence-corrected chi connectivity index (χ1v) is 10.9. The van der Waals surface area contributed by atoms with Crippen LogP contribution in [0.15, 0.2) is 41.3 Å². The number of methoxy groups -OCH3 is 1. The number of halogens is 3. The number of benzene rings is 2. The van der Waals surface area contributed by atoms with Gasteiger partial charge in [0, 0.05) is 44.0 Å². The molecule has 11 heteroatoms. The zero-order valence-corrected chi connectivity index (χ0v) is 18.0. The van der Waals surface area contributed by atoms with Gasteiger partial charge in [0.15, 0.2) is 0 Å². The summed E-state index contributed by atoms with van der Waals surface area (Å²) in [4.78, 5) is 1.97. The summed E-state index contributed by atoms with van der Waals surface area (Å²) in [5.74, 6) is 0.388. The van der Waals surface area contributed by atoms with E-state index in [-0.39, 0.29) is 16.3 Å². The van der Waals surface area contributed by atoms with Crippen LogP contribution in [0.2, 0.25) is 0 Å². The molecule has 0 spiro atoms. The number of hydrogen-bond acceptors (Lipinski definition) is 6. The van der Waals surface area contributed by atoms with Gasteiger partial charge in [0.2, 0.25) is 0 Å². The average Bonchev–Trinajstić information content (AvgIpc) is 2.74. The summed E-state index contributed by atoms with van der Waals surface area (Å²) in [7, 11) is -2.66. The molecule has 0 bridgehead atoms. The molecule has 2 aromatic rings. The van der Waals surface area contributed by atoms with Crippen LogP contribution >= 0.6 is 11.8 Å². The Hall–Kier alpha value is -2.30. The van der Waals surface area contributed by atoms with E-state index < -0.39 is 16.6 Å². The van der Waals surface area contributed by atoms with E-state index >= 15 is 0 Å². The maximum atomic E-state index is 13.1. The van der Waals surface area contributed by atoms with Gasteiger partial charge in [-0.25, -0.2) is 0 Å². The first kappa shape index (κ1) is 22.4. The van der Waals surface area contributed by atoms with Crippen LogP contribution in [0.3, 0.4) is 0 Å². The molecule has 1 fully saturated rings. The number of sulfonamides is 1. The molecule has 1 saturated heterocycles. The van der Waals surface area contributed by atoms with Crippen LogP contribution < -0.4 is 23.5 Å². The van der Waals surface area contributed by atoms with E-state index in [9.17, 15) is 17.2 Å². The van der Waals surface area contributed by atoms with Crippen LogP contribution in [-0.2, 0) is 10.0 Å². The van der Waals surface area contributed by atoms with Crippen molar-refractivity contribution < 1.29 is 26.7 Å². The molecule has 0 atom stereocenters. The Morgan fingerprint density at radius 2 is 1.83 bits per heavy atom. The van der Waals surface area contributed by atoms with Crippen molar-refractivity contribution in [3.63, 3.8) is 0 Å². The molecular weight excluding hydrogens is 440 g/mol. The topological polar surface area (TPSA) is 71.1 Å². The molecule has 1 aliphatic rings. The van der Waals surface area contributed by atoms with E-state index in [1.165, 1.54) is 31.4 Å². The summed E-state index contributed by atoms with van der Waals surface area (Å²) in [5.41, 5.74) is 1.04. The van der Waals surface area contributed by atoms with Crippen molar-refractivity contribution in [2.24, 2.45) is 0 Å². The van der Waals surface area contributed by atoms with E-state index in [2.05, 4.69) is 10.1 Å². The quantitative estimate of drug-likeness (QED) is 0.637. The van der Waals surface area contributed by atoms with E-state index in [0.29, 0.717) is 33.9 Å². The molecule has 1 aliphatic heterocycles. The van der Waals surface area contributed by atoms with Crippen molar-refractivity contribution in [2.45, 2.75) is 18.4 Å². The smallest absolute Gasteiger partial charge is 0.387 e. The first-order valence-electron chi connectivity index (χ1n) is 9.14. The van der Waals surface area contributed by atoms with Gasteiger partial charge in [-0.1, -0.05) is 6.07 Å². The maximum Gasteiger partial charge on any atom is 0.387 e. The first-order chi connectivity index (χ1) is 14.2. The number of nitrogens with one attached hydrogen (secondary N) is 1. The van der Waals surface area contributed by atoms with Gasteiger partial charge in [0.25, 0.3) is 10.0 Å². The molecule has 1 heterocycles. The Morgan fingerprint density at radius 1 is 1.13 bits per heavy atom. The Bertz CT molecular complexity index is 1000. The number of rotatable bonds is 7. The van der Waals surface area contributed by atoms with Crippen molar-refractivity contribution in [1.82, 2.24) is 5.32 Å². The minimum absolute atomic E-state index is 0.0162. The molecule has 1 N–H and O–H groups in total. The SMILES string of the molecule is COc1ccc(S(=O)(=O)N(Cl)c2ccc(C)c(OC(F)F)c2)cc1N1CCNCC1. The normalized spacial score (nSPS) is 14.7. The number of aryl methyl sites for hydroxylation is 1. The lowest BCUT2D eigenvalue weighted by Gasteiger charge is -2.31. The highest BCUT2D eigenvalue weighted by Crippen LogP contribution is 2.35. The summed E-state index contributed by atoms with van der Waals surface area (Å²) in [5, 5.41) is 3.23. The van der Waals surface area contributed by atoms with Crippen molar-refractivity contribution in [3.8, 4) is 11.5 Å². The van der Waals surface area contributed by atoms with Crippen LogP contribution in [0.5, 0.6) is 11.5 Å². The zero-order valence-electron chi connectivity index (χ0n) is 16.4. The van der Waals surface area contributed by atoms with Crippen molar-refractivity contribution >= 4 is 33.2 Å². The minimum Gasteiger partial charge on any atom is -0.495 e. The van der Waals surface area contributed by atoms with Crippen LogP contribution in [0.25, 0.3) is 0 Å². The van der Waals surface area contributed by atoms with Crippen molar-refractivity contribution in [1.29, 1.82) is 0 Å². The summed E-state index contributed by atoms with van der Waals surface area (Å²) in [6.07, 6.45) is 0. The highest BCUT2D eigenvalue weighted by Gasteiger charge is 2.27. The van der Waals surface area contributed by atoms with E-state index in [0.717, 1.165) is 19.2 Å². The highest BCUT2D eigenvalue weighted by atomic mass is 35.5. The van der Waals surface area contributed by atoms with Gasteiger partial charge < -0.3 is 19.7 Å². The Kier molecular flexibility index (Phi) is 6.89. The van der Waals surface area contributed by atoms with E-state index in [4.69, 9.17) is 16.5 Å². The molecule has 0 radical (unpaired) electrons. The predicted molar refractivity (Wildman–Crippen MR) is 111 cm³/mol. The van der Waals surface area contributed by atoms with Gasteiger partial charge in [-0.3, -0.25) is 0 Å². The van der Waals surface area contributed by atoms with Crippen molar-refractivity contribution in [2.75, 3.05) is 42.0 Å². The maximum absolute atomic E-state index is 13.1. The molecule has 0 amide bonds. The van der Waals surface area contributed by atoms with Gasteiger partial charge in [-0.15, -0.1) is 0 Å². The van der Waals surface area contributed by atoms with Gasteiger partial charge >= 0.3 is 6.61 Å². The number of ether oxygens (including phenoxy) is 2. The van der Waals surface area contributed by atoms with Crippen LogP contribution in [0, 0.1) is 6.92 Å². The summed E-state index contributed by atoms with van der Waals surface area (Å²) in [6, 6.07) is 8.49. The summed E-state index contributed by atoms with van der Waals surface area (Å²) < 4.78 is 61.8.